The highest BCUT2D eigenvalue weighted by molar-refractivity contribution is 6.05. The number of nitrogens with zero attached hydrogens (tertiary/aromatic N) is 4. The second-order valence-electron chi connectivity index (χ2n) is 7.87. The Morgan fingerprint density at radius 1 is 1.17 bits per heavy atom. The van der Waals surface area contributed by atoms with Crippen molar-refractivity contribution in [1.29, 1.82) is 0 Å². The van der Waals surface area contributed by atoms with Crippen LogP contribution in [0.25, 0.3) is 5.69 Å². The highest BCUT2D eigenvalue weighted by Gasteiger charge is 2.40. The van der Waals surface area contributed by atoms with E-state index >= 15 is 0 Å². The lowest BCUT2D eigenvalue weighted by molar-refractivity contribution is -0.136. The maximum Gasteiger partial charge on any atom is 0.255 e. The molecule has 0 spiro atoms. The summed E-state index contributed by atoms with van der Waals surface area (Å²) >= 11 is 0. The van der Waals surface area contributed by atoms with E-state index in [9.17, 15) is 14.4 Å². The largest absolute Gasteiger partial charge is 0.322 e. The molecule has 29 heavy (non-hydrogen) atoms. The molecule has 1 saturated carbocycles. The van der Waals surface area contributed by atoms with Crippen LogP contribution in [0.3, 0.4) is 0 Å². The third-order valence-electron chi connectivity index (χ3n) is 6.02. The van der Waals surface area contributed by atoms with E-state index in [-0.39, 0.29) is 18.2 Å². The molecule has 1 saturated heterocycles. The lowest BCUT2D eigenvalue weighted by Crippen LogP contribution is -2.52. The van der Waals surface area contributed by atoms with Crippen LogP contribution in [0.4, 0.5) is 0 Å². The van der Waals surface area contributed by atoms with E-state index in [1.54, 1.807) is 15.6 Å². The van der Waals surface area contributed by atoms with Crippen molar-refractivity contribution in [2.45, 2.75) is 57.3 Å². The topological polar surface area (TPSA) is 109 Å². The first-order chi connectivity index (χ1) is 14.1. The number of hydrogen-bond acceptors (Lipinski definition) is 6. The molecule has 1 unspecified atom stereocenters. The van der Waals surface area contributed by atoms with Gasteiger partial charge in [0.05, 0.1) is 17.6 Å². The summed E-state index contributed by atoms with van der Waals surface area (Å²) in [6.07, 6.45) is 6.15. The average Bonchev–Trinajstić information content (AvgIpc) is 3.26. The average molecular weight is 394 g/mol. The van der Waals surface area contributed by atoms with Gasteiger partial charge < -0.3 is 10.2 Å². The molecule has 0 bridgehead atoms. The molecular formula is C20H22N6O3. The number of carbonyl (C=O) groups excluding carboxylic acids is 3. The molecule has 1 aliphatic carbocycles. The maximum absolute atomic E-state index is 12.9. The van der Waals surface area contributed by atoms with Crippen LogP contribution in [0.15, 0.2) is 24.4 Å². The van der Waals surface area contributed by atoms with Gasteiger partial charge in [0.25, 0.3) is 5.91 Å². The molecule has 1 aromatic heterocycles. The Balaban J connectivity index is 1.37. The molecule has 3 heterocycles. The van der Waals surface area contributed by atoms with Crippen molar-refractivity contribution in [3.05, 3.63) is 41.2 Å². The number of piperidine rings is 1. The van der Waals surface area contributed by atoms with Gasteiger partial charge in [0, 0.05) is 36.7 Å². The number of benzene rings is 1. The number of carbonyl (C=O) groups is 3. The van der Waals surface area contributed by atoms with Gasteiger partial charge in [-0.3, -0.25) is 19.7 Å². The molecule has 9 heteroatoms. The fraction of sp³-hybridized carbons (Fsp3) is 0.450. The molecule has 5 rings (SSSR count). The highest BCUT2D eigenvalue weighted by Crippen LogP contribution is 2.31. The van der Waals surface area contributed by atoms with Crippen LogP contribution in [-0.4, -0.2) is 49.7 Å². The van der Waals surface area contributed by atoms with Crippen LogP contribution < -0.4 is 10.6 Å². The summed E-state index contributed by atoms with van der Waals surface area (Å²) in [5, 5.41) is 14.3. The van der Waals surface area contributed by atoms with E-state index in [0.717, 1.165) is 16.9 Å². The van der Waals surface area contributed by atoms with Gasteiger partial charge in [-0.15, -0.1) is 5.10 Å². The van der Waals surface area contributed by atoms with Gasteiger partial charge in [-0.1, -0.05) is 17.7 Å². The summed E-state index contributed by atoms with van der Waals surface area (Å²) < 4.78 is 1.69. The van der Waals surface area contributed by atoms with E-state index in [4.69, 9.17) is 0 Å². The van der Waals surface area contributed by atoms with Crippen LogP contribution >= 0.6 is 0 Å². The minimum absolute atomic E-state index is 0.191. The smallest absolute Gasteiger partial charge is 0.255 e. The molecule has 2 aliphatic heterocycles. The van der Waals surface area contributed by atoms with Crippen molar-refractivity contribution >= 4 is 17.7 Å². The third-order valence-corrected chi connectivity index (χ3v) is 6.02. The maximum atomic E-state index is 12.9. The van der Waals surface area contributed by atoms with Crippen LogP contribution in [0.2, 0.25) is 0 Å². The first-order valence-electron chi connectivity index (χ1n) is 10.0. The van der Waals surface area contributed by atoms with Crippen molar-refractivity contribution in [2.75, 3.05) is 0 Å². The summed E-state index contributed by atoms with van der Waals surface area (Å²) in [7, 11) is 0. The number of hydrogen-bond donors (Lipinski definition) is 2. The summed E-state index contributed by atoms with van der Waals surface area (Å²) in [6, 6.07) is 5.42. The van der Waals surface area contributed by atoms with Crippen LogP contribution in [0, 0.1) is 0 Å². The summed E-state index contributed by atoms with van der Waals surface area (Å²) in [6.45, 7) is 0.979. The number of fused-ring (bicyclic) bond motifs is 1. The van der Waals surface area contributed by atoms with Crippen molar-refractivity contribution in [1.82, 2.24) is 30.5 Å². The number of nitrogens with one attached hydrogen (secondary N) is 2. The van der Waals surface area contributed by atoms with E-state index in [1.165, 1.54) is 19.3 Å². The highest BCUT2D eigenvalue weighted by atomic mass is 16.2. The monoisotopic (exact) mass is 394 g/mol. The molecule has 1 aromatic carbocycles. The second kappa shape index (κ2) is 7.07. The fourth-order valence-corrected chi connectivity index (χ4v) is 4.14. The minimum Gasteiger partial charge on any atom is -0.322 e. The summed E-state index contributed by atoms with van der Waals surface area (Å²) in [5.74, 6) is -0.890. The first-order valence-corrected chi connectivity index (χ1v) is 10.0. The molecule has 1 atom stereocenters. The van der Waals surface area contributed by atoms with Crippen molar-refractivity contribution < 1.29 is 14.4 Å². The van der Waals surface area contributed by atoms with E-state index in [2.05, 4.69) is 20.9 Å². The Morgan fingerprint density at radius 2 is 2.03 bits per heavy atom. The molecule has 3 amide bonds. The van der Waals surface area contributed by atoms with Gasteiger partial charge in [0.15, 0.2) is 0 Å². The molecule has 2 fully saturated rings. The standard InChI is InChI=1S/C20H22N6O3/c27-18-8-7-17(19(28)22-18)25-11-15-14(20(25)29)5-2-6-16(15)26-10-13(23-24-26)9-21-12-3-1-4-12/h2,5-6,10,12,17,21H,1,3-4,7-9,11H2,(H,22,27,28). The van der Waals surface area contributed by atoms with E-state index in [0.29, 0.717) is 31.1 Å². The molecule has 150 valence electrons. The predicted molar refractivity (Wildman–Crippen MR) is 102 cm³/mol. The van der Waals surface area contributed by atoms with E-state index < -0.39 is 11.9 Å². The van der Waals surface area contributed by atoms with Crippen molar-refractivity contribution in [3.63, 3.8) is 0 Å². The van der Waals surface area contributed by atoms with Gasteiger partial charge in [-0.25, -0.2) is 4.68 Å². The Kier molecular flexibility index (Phi) is 4.39. The Hall–Kier alpha value is -3.07. The fourth-order valence-electron chi connectivity index (χ4n) is 4.14. The molecule has 2 N–H and O–H groups in total. The molecule has 2 aromatic rings. The van der Waals surface area contributed by atoms with Crippen molar-refractivity contribution in [2.24, 2.45) is 0 Å². The van der Waals surface area contributed by atoms with E-state index in [1.807, 2.05) is 18.3 Å². The molecule has 0 radical (unpaired) electrons. The Bertz CT molecular complexity index is 996. The summed E-state index contributed by atoms with van der Waals surface area (Å²) in [4.78, 5) is 38.2. The molecule has 9 nitrogen and oxygen atoms in total. The predicted octanol–water partition coefficient (Wildman–Crippen LogP) is 0.670. The second-order valence-corrected chi connectivity index (χ2v) is 7.87. The number of rotatable bonds is 5. The van der Waals surface area contributed by atoms with Gasteiger partial charge in [0.1, 0.15) is 6.04 Å². The molecular weight excluding hydrogens is 372 g/mol. The van der Waals surface area contributed by atoms with Gasteiger partial charge in [-0.05, 0) is 31.4 Å². The van der Waals surface area contributed by atoms with Gasteiger partial charge in [0.2, 0.25) is 11.8 Å². The molecule has 3 aliphatic rings. The number of aromatic nitrogens is 3. The zero-order chi connectivity index (χ0) is 20.0. The zero-order valence-electron chi connectivity index (χ0n) is 15.9. The van der Waals surface area contributed by atoms with Gasteiger partial charge in [-0.2, -0.15) is 0 Å². The first kappa shape index (κ1) is 18.0. The van der Waals surface area contributed by atoms with Gasteiger partial charge >= 0.3 is 0 Å². The normalized spacial score (nSPS) is 21.9. The van der Waals surface area contributed by atoms with Crippen molar-refractivity contribution in [3.8, 4) is 5.69 Å². The quantitative estimate of drug-likeness (QED) is 0.722. The zero-order valence-corrected chi connectivity index (χ0v) is 15.9. The summed E-state index contributed by atoms with van der Waals surface area (Å²) in [5.41, 5.74) is 3.02. The minimum atomic E-state index is -0.626. The number of amides is 3. The lowest BCUT2D eigenvalue weighted by Gasteiger charge is -2.29. The Morgan fingerprint density at radius 3 is 2.79 bits per heavy atom. The van der Waals surface area contributed by atoms with Crippen LogP contribution in [0.5, 0.6) is 0 Å². The Labute approximate surface area is 167 Å². The van der Waals surface area contributed by atoms with Crippen LogP contribution in [0.1, 0.15) is 53.7 Å². The van der Waals surface area contributed by atoms with Crippen LogP contribution in [-0.2, 0) is 22.7 Å². The number of imide groups is 1. The lowest BCUT2D eigenvalue weighted by atomic mass is 9.93. The third kappa shape index (κ3) is 3.21. The SMILES string of the molecule is O=C1CCC(N2Cc3c(cccc3-n3cc(CNC4CCC4)nn3)C2=O)C(=O)N1.